The lowest BCUT2D eigenvalue weighted by molar-refractivity contribution is 0.0342. The quantitative estimate of drug-likeness (QED) is 0.803. The van der Waals surface area contributed by atoms with Crippen LogP contribution in [-0.2, 0) is 11.3 Å². The molecule has 0 saturated carbocycles. The van der Waals surface area contributed by atoms with Gasteiger partial charge >= 0.3 is 0 Å². The number of aliphatic hydroxyl groups excluding tert-OH is 2. The van der Waals surface area contributed by atoms with Crippen LogP contribution in [0.5, 0.6) is 0 Å². The zero-order valence-corrected chi connectivity index (χ0v) is 10.1. The topological polar surface area (TPSA) is 49.7 Å². The Morgan fingerprint density at radius 2 is 1.87 bits per heavy atom. The van der Waals surface area contributed by atoms with Gasteiger partial charge in [0.2, 0.25) is 0 Å². The maximum atomic E-state index is 9.70. The fraction of sp³-hybridized carbons (Fsp3) is 0.455. The van der Waals surface area contributed by atoms with E-state index in [1.165, 1.54) is 0 Å². The molecule has 0 heterocycles. The van der Waals surface area contributed by atoms with Crippen LogP contribution in [0.1, 0.15) is 17.2 Å². The van der Waals surface area contributed by atoms with Gasteiger partial charge in [0.25, 0.3) is 0 Å². The second-order valence-electron chi connectivity index (χ2n) is 3.34. The van der Waals surface area contributed by atoms with Crippen LogP contribution in [0, 0.1) is 0 Å². The minimum absolute atomic E-state index is 0.355. The molecule has 0 radical (unpaired) electrons. The van der Waals surface area contributed by atoms with Gasteiger partial charge in [-0.3, -0.25) is 0 Å². The van der Waals surface area contributed by atoms with Gasteiger partial charge in [-0.15, -0.1) is 0 Å². The third-order valence-electron chi connectivity index (χ3n) is 2.15. The smallest absolute Gasteiger partial charge is 0.106 e. The van der Waals surface area contributed by atoms with E-state index < -0.39 is 12.2 Å². The lowest BCUT2D eigenvalue weighted by Crippen LogP contribution is -2.19. The predicted molar refractivity (Wildman–Crippen MR) is 61.9 cm³/mol. The van der Waals surface area contributed by atoms with E-state index in [-0.39, 0.29) is 0 Å². The van der Waals surface area contributed by atoms with Crippen molar-refractivity contribution in [2.75, 3.05) is 12.4 Å². The van der Waals surface area contributed by atoms with Gasteiger partial charge in [0.05, 0.1) is 12.7 Å². The van der Waals surface area contributed by atoms with Gasteiger partial charge in [-0.25, -0.2) is 0 Å². The van der Waals surface area contributed by atoms with E-state index >= 15 is 0 Å². The van der Waals surface area contributed by atoms with E-state index in [1.54, 1.807) is 19.2 Å². The first-order valence-corrected chi connectivity index (χ1v) is 5.81. The van der Waals surface area contributed by atoms with Crippen LogP contribution in [0.4, 0.5) is 0 Å². The van der Waals surface area contributed by atoms with E-state index in [0.29, 0.717) is 17.5 Å². The lowest BCUT2D eigenvalue weighted by atomic mass is 10.0. The monoisotopic (exact) mass is 274 g/mol. The number of alkyl halides is 1. The van der Waals surface area contributed by atoms with Gasteiger partial charge in [0, 0.05) is 12.4 Å². The van der Waals surface area contributed by atoms with Crippen LogP contribution in [0.15, 0.2) is 24.3 Å². The molecule has 0 aliphatic carbocycles. The summed E-state index contributed by atoms with van der Waals surface area (Å²) in [4.78, 5) is 0. The van der Waals surface area contributed by atoms with Crippen molar-refractivity contribution in [2.45, 2.75) is 18.8 Å². The second kappa shape index (κ2) is 6.23. The molecule has 2 N–H and O–H groups in total. The summed E-state index contributed by atoms with van der Waals surface area (Å²) in [7, 11) is 1.64. The molecule has 0 bridgehead atoms. The minimum Gasteiger partial charge on any atom is -0.389 e. The molecule has 0 amide bonds. The molecule has 2 unspecified atom stereocenters. The zero-order valence-electron chi connectivity index (χ0n) is 8.56. The van der Waals surface area contributed by atoms with Crippen LogP contribution in [-0.4, -0.2) is 28.8 Å². The van der Waals surface area contributed by atoms with Crippen molar-refractivity contribution in [1.82, 2.24) is 0 Å². The third kappa shape index (κ3) is 3.57. The Kier molecular flexibility index (Phi) is 5.25. The molecule has 0 saturated heterocycles. The summed E-state index contributed by atoms with van der Waals surface area (Å²) in [5, 5.41) is 19.5. The summed E-state index contributed by atoms with van der Waals surface area (Å²) in [6.07, 6.45) is -1.63. The van der Waals surface area contributed by atoms with Crippen molar-refractivity contribution in [3.05, 3.63) is 35.4 Å². The van der Waals surface area contributed by atoms with Crippen molar-refractivity contribution >= 4 is 15.9 Å². The number of aliphatic hydroxyl groups is 2. The molecular weight excluding hydrogens is 260 g/mol. The highest BCUT2D eigenvalue weighted by molar-refractivity contribution is 9.09. The number of methoxy groups -OCH3 is 1. The highest BCUT2D eigenvalue weighted by atomic mass is 79.9. The van der Waals surface area contributed by atoms with Crippen LogP contribution in [0.3, 0.4) is 0 Å². The Labute approximate surface area is 97.8 Å². The van der Waals surface area contributed by atoms with Crippen molar-refractivity contribution in [2.24, 2.45) is 0 Å². The van der Waals surface area contributed by atoms with Crippen molar-refractivity contribution < 1.29 is 14.9 Å². The van der Waals surface area contributed by atoms with Crippen molar-refractivity contribution in [3.63, 3.8) is 0 Å². The first kappa shape index (κ1) is 12.6. The number of ether oxygens (including phenoxy) is 1. The van der Waals surface area contributed by atoms with Gasteiger partial charge in [0.15, 0.2) is 0 Å². The number of benzene rings is 1. The van der Waals surface area contributed by atoms with Crippen LogP contribution >= 0.6 is 15.9 Å². The predicted octanol–water partition coefficient (Wildman–Crippen LogP) is 1.62. The van der Waals surface area contributed by atoms with Gasteiger partial charge in [0.1, 0.15) is 6.10 Å². The first-order valence-electron chi connectivity index (χ1n) is 4.69. The minimum atomic E-state index is -0.846. The molecule has 15 heavy (non-hydrogen) atoms. The normalized spacial score (nSPS) is 14.9. The Bertz CT molecular complexity index is 286. The molecular formula is C11H15BrO3. The fourth-order valence-corrected chi connectivity index (χ4v) is 1.64. The Morgan fingerprint density at radius 1 is 1.27 bits per heavy atom. The number of halogens is 1. The number of hydrogen-bond acceptors (Lipinski definition) is 3. The molecule has 1 aromatic rings. The van der Waals surface area contributed by atoms with Gasteiger partial charge in [-0.05, 0) is 11.1 Å². The van der Waals surface area contributed by atoms with Crippen LogP contribution < -0.4 is 0 Å². The van der Waals surface area contributed by atoms with E-state index in [9.17, 15) is 10.2 Å². The summed E-state index contributed by atoms with van der Waals surface area (Å²) in [6, 6.07) is 7.35. The lowest BCUT2D eigenvalue weighted by Gasteiger charge is -2.16. The molecule has 1 rings (SSSR count). The highest BCUT2D eigenvalue weighted by Crippen LogP contribution is 2.18. The van der Waals surface area contributed by atoms with E-state index in [1.807, 2.05) is 12.1 Å². The average Bonchev–Trinajstić information content (AvgIpc) is 2.28. The zero-order chi connectivity index (χ0) is 11.3. The molecule has 2 atom stereocenters. The Morgan fingerprint density at radius 3 is 2.33 bits per heavy atom. The molecule has 0 spiro atoms. The second-order valence-corrected chi connectivity index (χ2v) is 3.99. The molecule has 0 fully saturated rings. The van der Waals surface area contributed by atoms with E-state index in [4.69, 9.17) is 4.74 Å². The maximum absolute atomic E-state index is 9.70. The van der Waals surface area contributed by atoms with Gasteiger partial charge < -0.3 is 14.9 Å². The maximum Gasteiger partial charge on any atom is 0.106 e. The summed E-state index contributed by atoms with van der Waals surface area (Å²) in [5.41, 5.74) is 1.75. The third-order valence-corrected chi connectivity index (χ3v) is 2.82. The summed E-state index contributed by atoms with van der Waals surface area (Å²) in [6.45, 7) is 0.553. The molecule has 0 aliphatic rings. The summed E-state index contributed by atoms with van der Waals surface area (Å²) < 4.78 is 4.98. The van der Waals surface area contributed by atoms with Crippen molar-refractivity contribution in [3.8, 4) is 0 Å². The highest BCUT2D eigenvalue weighted by Gasteiger charge is 2.16. The molecule has 4 heteroatoms. The molecule has 84 valence electrons. The largest absolute Gasteiger partial charge is 0.389 e. The van der Waals surface area contributed by atoms with Crippen molar-refractivity contribution in [1.29, 1.82) is 0 Å². The number of hydrogen-bond donors (Lipinski definition) is 2. The Hall–Kier alpha value is -0.420. The molecule has 1 aromatic carbocycles. The van der Waals surface area contributed by atoms with Gasteiger partial charge in [-0.2, -0.15) is 0 Å². The van der Waals surface area contributed by atoms with Gasteiger partial charge in [-0.1, -0.05) is 40.2 Å². The fourth-order valence-electron chi connectivity index (χ4n) is 1.28. The SMILES string of the molecule is COCc1ccc(C(O)C(O)CBr)cc1. The van der Waals surface area contributed by atoms with Crippen LogP contribution in [0.25, 0.3) is 0 Å². The number of rotatable bonds is 5. The molecule has 0 aromatic heterocycles. The summed E-state index contributed by atoms with van der Waals surface area (Å²) >= 11 is 3.12. The average molecular weight is 275 g/mol. The van der Waals surface area contributed by atoms with E-state index in [2.05, 4.69) is 15.9 Å². The Balaban J connectivity index is 2.70. The first-order chi connectivity index (χ1) is 7.19. The summed E-state index contributed by atoms with van der Waals surface area (Å²) in [5.74, 6) is 0. The van der Waals surface area contributed by atoms with E-state index in [0.717, 1.165) is 5.56 Å². The standard InChI is InChI=1S/C11H15BrO3/c1-15-7-8-2-4-9(5-3-8)11(14)10(13)6-12/h2-5,10-11,13-14H,6-7H2,1H3. The van der Waals surface area contributed by atoms with Crippen LogP contribution in [0.2, 0.25) is 0 Å². The molecule has 0 aliphatic heterocycles. The molecule has 3 nitrogen and oxygen atoms in total.